The summed E-state index contributed by atoms with van der Waals surface area (Å²) in [7, 11) is 0. The molecule has 168 valence electrons. The SMILES string of the molecule is NCC1(n2cc(C(N)=O)c(Nc3ccnc(F)c3)n2)CCC(Nc2ccccc2Cl)CC1. The van der Waals surface area contributed by atoms with E-state index in [9.17, 15) is 9.18 Å². The third-order valence-corrected chi connectivity index (χ3v) is 6.31. The number of benzene rings is 1. The van der Waals surface area contributed by atoms with E-state index in [4.69, 9.17) is 23.1 Å². The van der Waals surface area contributed by atoms with Gasteiger partial charge in [0.2, 0.25) is 5.95 Å². The Morgan fingerprint density at radius 3 is 2.69 bits per heavy atom. The third kappa shape index (κ3) is 4.53. The van der Waals surface area contributed by atoms with Crippen LogP contribution in [0.2, 0.25) is 5.02 Å². The second kappa shape index (κ2) is 9.13. The number of para-hydroxylation sites is 1. The lowest BCUT2D eigenvalue weighted by Crippen LogP contribution is -2.46. The summed E-state index contributed by atoms with van der Waals surface area (Å²) in [6.07, 6.45) is 6.17. The Hall–Kier alpha value is -3.17. The summed E-state index contributed by atoms with van der Waals surface area (Å²) in [5.74, 6) is -1.01. The molecule has 8 nitrogen and oxygen atoms in total. The fraction of sp³-hybridized carbons (Fsp3) is 0.318. The number of amides is 1. The number of nitrogens with one attached hydrogen (secondary N) is 2. The molecule has 1 amide bonds. The normalized spacial score (nSPS) is 20.7. The van der Waals surface area contributed by atoms with E-state index in [-0.39, 0.29) is 17.4 Å². The molecule has 0 spiro atoms. The van der Waals surface area contributed by atoms with Crippen LogP contribution in [0.25, 0.3) is 0 Å². The molecule has 32 heavy (non-hydrogen) atoms. The maximum absolute atomic E-state index is 13.5. The number of primary amides is 1. The molecular weight excluding hydrogens is 433 g/mol. The van der Waals surface area contributed by atoms with Crippen LogP contribution in [0.15, 0.2) is 48.8 Å². The van der Waals surface area contributed by atoms with Gasteiger partial charge in [0.05, 0.1) is 16.2 Å². The summed E-state index contributed by atoms with van der Waals surface area (Å²) in [6.45, 7) is 0.356. The van der Waals surface area contributed by atoms with Gasteiger partial charge in [0.25, 0.3) is 5.91 Å². The molecule has 0 unspecified atom stereocenters. The zero-order valence-electron chi connectivity index (χ0n) is 17.4. The van der Waals surface area contributed by atoms with Crippen LogP contribution >= 0.6 is 11.6 Å². The van der Waals surface area contributed by atoms with Gasteiger partial charge in [-0.05, 0) is 43.9 Å². The first-order chi connectivity index (χ1) is 15.4. The summed E-state index contributed by atoms with van der Waals surface area (Å²) in [4.78, 5) is 15.6. The highest BCUT2D eigenvalue weighted by atomic mass is 35.5. The molecule has 0 saturated heterocycles. The number of nitrogens with two attached hydrogens (primary N) is 2. The van der Waals surface area contributed by atoms with Crippen molar-refractivity contribution in [2.24, 2.45) is 11.5 Å². The summed E-state index contributed by atoms with van der Waals surface area (Å²) in [6, 6.07) is 10.7. The molecule has 0 aliphatic heterocycles. The summed E-state index contributed by atoms with van der Waals surface area (Å²) >= 11 is 6.27. The number of nitrogens with zero attached hydrogens (tertiary/aromatic N) is 3. The number of carbonyl (C=O) groups is 1. The predicted molar refractivity (Wildman–Crippen MR) is 123 cm³/mol. The molecular formula is C22H25ClFN7O. The average Bonchev–Trinajstić information content (AvgIpc) is 3.21. The van der Waals surface area contributed by atoms with Crippen molar-refractivity contribution in [2.45, 2.75) is 37.3 Å². The minimum absolute atomic E-state index is 0.214. The molecule has 3 aromatic rings. The molecule has 1 fully saturated rings. The lowest BCUT2D eigenvalue weighted by Gasteiger charge is -2.40. The van der Waals surface area contributed by atoms with Gasteiger partial charge in [-0.25, -0.2) is 4.98 Å². The molecule has 6 N–H and O–H groups in total. The molecule has 4 rings (SSSR count). The van der Waals surface area contributed by atoms with E-state index in [2.05, 4.69) is 20.7 Å². The molecule has 2 aromatic heterocycles. The van der Waals surface area contributed by atoms with E-state index in [1.54, 1.807) is 16.9 Å². The van der Waals surface area contributed by atoms with E-state index in [0.29, 0.717) is 17.3 Å². The van der Waals surface area contributed by atoms with Crippen molar-refractivity contribution >= 4 is 34.7 Å². The highest BCUT2D eigenvalue weighted by molar-refractivity contribution is 6.33. The first kappa shape index (κ1) is 22.0. The Bertz CT molecular complexity index is 1110. The van der Waals surface area contributed by atoms with Gasteiger partial charge in [-0.15, -0.1) is 0 Å². The topological polar surface area (TPSA) is 124 Å². The fourth-order valence-corrected chi connectivity index (χ4v) is 4.32. The van der Waals surface area contributed by atoms with Crippen LogP contribution in [-0.4, -0.2) is 33.3 Å². The first-order valence-electron chi connectivity index (χ1n) is 10.4. The molecule has 10 heteroatoms. The van der Waals surface area contributed by atoms with Gasteiger partial charge in [-0.2, -0.15) is 9.49 Å². The zero-order chi connectivity index (χ0) is 22.7. The monoisotopic (exact) mass is 457 g/mol. The summed E-state index contributed by atoms with van der Waals surface area (Å²) < 4.78 is 15.2. The van der Waals surface area contributed by atoms with Gasteiger partial charge in [-0.3, -0.25) is 9.48 Å². The minimum atomic E-state index is -0.641. The second-order valence-corrected chi connectivity index (χ2v) is 8.43. The van der Waals surface area contributed by atoms with E-state index in [0.717, 1.165) is 31.4 Å². The number of hydrogen-bond donors (Lipinski definition) is 4. The van der Waals surface area contributed by atoms with Crippen LogP contribution in [0.1, 0.15) is 36.0 Å². The minimum Gasteiger partial charge on any atom is -0.381 e. The van der Waals surface area contributed by atoms with Crippen molar-refractivity contribution in [1.82, 2.24) is 14.8 Å². The van der Waals surface area contributed by atoms with Gasteiger partial charge in [0.15, 0.2) is 5.82 Å². The smallest absolute Gasteiger partial charge is 0.254 e. The average molecular weight is 458 g/mol. The molecule has 1 aromatic carbocycles. The standard InChI is InChI=1S/C22H25ClFN7O/c23-17-3-1-2-4-18(17)28-14-5-8-22(13-25,9-6-14)31-12-16(20(26)32)21(30-31)29-15-7-10-27-19(24)11-15/h1-4,7,10-12,14,28H,5-6,8-9,13,25H2,(H2,26,32)(H,27,29,30). The molecule has 0 bridgehead atoms. The van der Waals surface area contributed by atoms with Gasteiger partial charge >= 0.3 is 0 Å². The van der Waals surface area contributed by atoms with Crippen LogP contribution in [0.5, 0.6) is 0 Å². The molecule has 1 aliphatic carbocycles. The molecule has 2 heterocycles. The van der Waals surface area contributed by atoms with Crippen molar-refractivity contribution in [3.05, 3.63) is 65.3 Å². The van der Waals surface area contributed by atoms with Gasteiger partial charge in [-0.1, -0.05) is 23.7 Å². The largest absolute Gasteiger partial charge is 0.381 e. The molecule has 0 atom stereocenters. The van der Waals surface area contributed by atoms with Crippen molar-refractivity contribution < 1.29 is 9.18 Å². The quantitative estimate of drug-likeness (QED) is 0.402. The third-order valence-electron chi connectivity index (χ3n) is 5.98. The van der Waals surface area contributed by atoms with Gasteiger partial charge in [0.1, 0.15) is 5.56 Å². The van der Waals surface area contributed by atoms with E-state index < -0.39 is 17.4 Å². The fourth-order valence-electron chi connectivity index (χ4n) is 4.13. The van der Waals surface area contributed by atoms with Crippen LogP contribution in [0, 0.1) is 5.95 Å². The molecule has 1 aliphatic rings. The number of carbonyl (C=O) groups excluding carboxylic acids is 1. The number of hydrogen-bond acceptors (Lipinski definition) is 6. The summed E-state index contributed by atoms with van der Waals surface area (Å²) in [5, 5.41) is 11.7. The Kier molecular flexibility index (Phi) is 6.29. The Morgan fingerprint density at radius 2 is 2.03 bits per heavy atom. The first-order valence-corrected chi connectivity index (χ1v) is 10.8. The Balaban J connectivity index is 1.54. The zero-order valence-corrected chi connectivity index (χ0v) is 18.1. The summed E-state index contributed by atoms with van der Waals surface area (Å²) in [5.41, 5.74) is 12.9. The molecule has 1 saturated carbocycles. The number of rotatable bonds is 7. The van der Waals surface area contributed by atoms with Crippen molar-refractivity contribution in [1.29, 1.82) is 0 Å². The van der Waals surface area contributed by atoms with Crippen LogP contribution in [0.4, 0.5) is 21.6 Å². The van der Waals surface area contributed by atoms with Crippen molar-refractivity contribution in [2.75, 3.05) is 17.2 Å². The Labute approximate surface area is 190 Å². The van der Waals surface area contributed by atoms with E-state index >= 15 is 0 Å². The van der Waals surface area contributed by atoms with Crippen molar-refractivity contribution in [3.8, 4) is 0 Å². The highest BCUT2D eigenvalue weighted by Gasteiger charge is 2.38. The maximum Gasteiger partial charge on any atom is 0.254 e. The highest BCUT2D eigenvalue weighted by Crippen LogP contribution is 2.37. The Morgan fingerprint density at radius 1 is 1.28 bits per heavy atom. The molecule has 0 radical (unpaired) electrons. The number of halogens is 2. The maximum atomic E-state index is 13.5. The van der Waals surface area contributed by atoms with Gasteiger partial charge in [0, 0.05) is 36.7 Å². The van der Waals surface area contributed by atoms with Gasteiger partial charge < -0.3 is 22.1 Å². The lowest BCUT2D eigenvalue weighted by atomic mass is 9.79. The number of aromatic nitrogens is 3. The van der Waals surface area contributed by atoms with Crippen LogP contribution < -0.4 is 22.1 Å². The van der Waals surface area contributed by atoms with E-state index in [1.165, 1.54) is 12.3 Å². The predicted octanol–water partition coefficient (Wildman–Crippen LogP) is 3.62. The van der Waals surface area contributed by atoms with Crippen LogP contribution in [-0.2, 0) is 5.54 Å². The number of pyridine rings is 1. The lowest BCUT2D eigenvalue weighted by molar-refractivity contribution is 0.100. The van der Waals surface area contributed by atoms with Crippen LogP contribution in [0.3, 0.4) is 0 Å². The van der Waals surface area contributed by atoms with E-state index in [1.807, 2.05) is 24.3 Å². The second-order valence-electron chi connectivity index (χ2n) is 8.02. The number of anilines is 3. The van der Waals surface area contributed by atoms with Crippen molar-refractivity contribution in [3.63, 3.8) is 0 Å².